The number of halogens is 1. The lowest BCUT2D eigenvalue weighted by atomic mass is 10.1. The summed E-state index contributed by atoms with van der Waals surface area (Å²) in [6.07, 6.45) is 0. The first-order chi connectivity index (χ1) is 8.16. The van der Waals surface area contributed by atoms with Crippen molar-refractivity contribution in [3.8, 4) is 11.5 Å². The van der Waals surface area contributed by atoms with Crippen LogP contribution in [0.4, 0.5) is 0 Å². The van der Waals surface area contributed by atoms with Crippen LogP contribution in [-0.4, -0.2) is 5.78 Å². The molecule has 2 rings (SSSR count). The lowest BCUT2D eigenvalue weighted by Crippen LogP contribution is -1.91. The Morgan fingerprint density at radius 1 is 1.06 bits per heavy atom. The summed E-state index contributed by atoms with van der Waals surface area (Å²) >= 11 is 5.98. The van der Waals surface area contributed by atoms with Gasteiger partial charge in [0.25, 0.3) is 0 Å². The number of hydrogen-bond donors (Lipinski definition) is 0. The summed E-state index contributed by atoms with van der Waals surface area (Å²) < 4.78 is 5.60. The number of benzene rings is 2. The van der Waals surface area contributed by atoms with E-state index in [1.165, 1.54) is 6.92 Å². The van der Waals surface area contributed by atoms with Crippen LogP contribution < -0.4 is 4.74 Å². The molecular formula is C14H11ClO2. The highest BCUT2D eigenvalue weighted by atomic mass is 35.5. The van der Waals surface area contributed by atoms with Crippen molar-refractivity contribution >= 4 is 17.4 Å². The van der Waals surface area contributed by atoms with Crippen LogP contribution in [0.2, 0.25) is 5.02 Å². The van der Waals surface area contributed by atoms with Crippen molar-refractivity contribution in [2.24, 2.45) is 0 Å². The molecule has 0 unspecified atom stereocenters. The van der Waals surface area contributed by atoms with Gasteiger partial charge in [0.15, 0.2) is 5.78 Å². The van der Waals surface area contributed by atoms with E-state index in [0.717, 1.165) is 0 Å². The fourth-order valence-electron chi connectivity index (χ4n) is 1.41. The van der Waals surface area contributed by atoms with Gasteiger partial charge in [0.1, 0.15) is 11.5 Å². The Labute approximate surface area is 105 Å². The van der Waals surface area contributed by atoms with E-state index < -0.39 is 0 Å². The van der Waals surface area contributed by atoms with Gasteiger partial charge in [-0.1, -0.05) is 23.7 Å². The van der Waals surface area contributed by atoms with Gasteiger partial charge >= 0.3 is 0 Å². The molecule has 0 N–H and O–H groups in total. The lowest BCUT2D eigenvalue weighted by Gasteiger charge is -2.07. The molecule has 0 aliphatic heterocycles. The van der Waals surface area contributed by atoms with E-state index in [2.05, 4.69) is 0 Å². The molecule has 0 spiro atoms. The molecule has 0 aromatic heterocycles. The van der Waals surface area contributed by atoms with Crippen molar-refractivity contribution < 1.29 is 9.53 Å². The molecule has 3 heteroatoms. The quantitative estimate of drug-likeness (QED) is 0.754. The van der Waals surface area contributed by atoms with Crippen LogP contribution in [0.3, 0.4) is 0 Å². The molecule has 0 atom stereocenters. The van der Waals surface area contributed by atoms with Crippen molar-refractivity contribution in [2.45, 2.75) is 6.92 Å². The summed E-state index contributed by atoms with van der Waals surface area (Å²) in [4.78, 5) is 11.1. The number of ketones is 1. The van der Waals surface area contributed by atoms with Gasteiger partial charge in [-0.25, -0.2) is 0 Å². The average molecular weight is 247 g/mol. The van der Waals surface area contributed by atoms with Crippen LogP contribution in [0, 0.1) is 0 Å². The van der Waals surface area contributed by atoms with E-state index in [4.69, 9.17) is 16.3 Å². The van der Waals surface area contributed by atoms with Crippen LogP contribution in [-0.2, 0) is 0 Å². The number of carbonyl (C=O) groups is 1. The zero-order valence-corrected chi connectivity index (χ0v) is 10.1. The summed E-state index contributed by atoms with van der Waals surface area (Å²) in [5.74, 6) is 1.29. The fraction of sp³-hybridized carbons (Fsp3) is 0.0714. The van der Waals surface area contributed by atoms with Gasteiger partial charge in [-0.05, 0) is 43.3 Å². The molecule has 0 bridgehead atoms. The molecule has 2 nitrogen and oxygen atoms in total. The second kappa shape index (κ2) is 5.02. The van der Waals surface area contributed by atoms with Crippen LogP contribution in [0.1, 0.15) is 17.3 Å². The largest absolute Gasteiger partial charge is 0.456 e. The second-order valence-electron chi connectivity index (χ2n) is 3.61. The van der Waals surface area contributed by atoms with E-state index in [1.54, 1.807) is 36.4 Å². The van der Waals surface area contributed by atoms with E-state index in [-0.39, 0.29) is 5.78 Å². The third kappa shape index (κ3) is 2.86. The Morgan fingerprint density at radius 3 is 2.29 bits per heavy atom. The second-order valence-corrected chi connectivity index (χ2v) is 4.02. The SMILES string of the molecule is CC(=O)c1ccc(Oc2ccccc2Cl)cc1. The third-order valence-corrected chi connectivity index (χ3v) is 2.64. The first kappa shape index (κ1) is 11.7. The van der Waals surface area contributed by atoms with Crippen LogP contribution >= 0.6 is 11.6 Å². The fourth-order valence-corrected chi connectivity index (χ4v) is 1.59. The Balaban J connectivity index is 2.20. The Kier molecular flexibility index (Phi) is 3.45. The predicted molar refractivity (Wildman–Crippen MR) is 68.0 cm³/mol. The maximum Gasteiger partial charge on any atom is 0.159 e. The third-order valence-electron chi connectivity index (χ3n) is 2.33. The minimum absolute atomic E-state index is 0.0364. The van der Waals surface area contributed by atoms with Crippen molar-refractivity contribution in [1.29, 1.82) is 0 Å². The zero-order chi connectivity index (χ0) is 12.3. The molecule has 2 aromatic rings. The summed E-state index contributed by atoms with van der Waals surface area (Å²) in [6.45, 7) is 1.53. The smallest absolute Gasteiger partial charge is 0.159 e. The molecule has 17 heavy (non-hydrogen) atoms. The Bertz CT molecular complexity index is 532. The molecule has 0 aliphatic rings. The highest BCUT2D eigenvalue weighted by molar-refractivity contribution is 6.32. The van der Waals surface area contributed by atoms with Crippen LogP contribution in [0.15, 0.2) is 48.5 Å². The van der Waals surface area contributed by atoms with Gasteiger partial charge in [-0.15, -0.1) is 0 Å². The van der Waals surface area contributed by atoms with Crippen LogP contribution in [0.25, 0.3) is 0 Å². The normalized spacial score (nSPS) is 10.0. The topological polar surface area (TPSA) is 26.3 Å². The Hall–Kier alpha value is -1.80. The number of ether oxygens (including phenoxy) is 1. The first-order valence-electron chi connectivity index (χ1n) is 5.20. The molecule has 0 heterocycles. The molecule has 0 saturated carbocycles. The molecule has 0 fully saturated rings. The maximum absolute atomic E-state index is 11.1. The molecule has 0 amide bonds. The Morgan fingerprint density at radius 2 is 1.71 bits per heavy atom. The van der Waals surface area contributed by atoms with Gasteiger partial charge in [0.05, 0.1) is 5.02 Å². The number of Topliss-reactive ketones (excluding diaryl/α,β-unsaturated/α-hetero) is 1. The van der Waals surface area contributed by atoms with Gasteiger partial charge in [0.2, 0.25) is 0 Å². The van der Waals surface area contributed by atoms with Crippen molar-refractivity contribution in [2.75, 3.05) is 0 Å². The van der Waals surface area contributed by atoms with Crippen molar-refractivity contribution in [3.63, 3.8) is 0 Å². The van der Waals surface area contributed by atoms with Crippen LogP contribution in [0.5, 0.6) is 11.5 Å². The number of para-hydroxylation sites is 1. The molecule has 86 valence electrons. The highest BCUT2D eigenvalue weighted by Gasteiger charge is 2.03. The minimum atomic E-state index is 0.0364. The molecule has 0 radical (unpaired) electrons. The van der Waals surface area contributed by atoms with Gasteiger partial charge in [-0.2, -0.15) is 0 Å². The first-order valence-corrected chi connectivity index (χ1v) is 5.58. The van der Waals surface area contributed by atoms with Crippen molar-refractivity contribution in [1.82, 2.24) is 0 Å². The average Bonchev–Trinajstić information content (AvgIpc) is 2.33. The number of rotatable bonds is 3. The molecule has 0 saturated heterocycles. The molecule has 2 aromatic carbocycles. The monoisotopic (exact) mass is 246 g/mol. The number of hydrogen-bond acceptors (Lipinski definition) is 2. The van der Waals surface area contributed by atoms with Gasteiger partial charge < -0.3 is 4.74 Å². The minimum Gasteiger partial charge on any atom is -0.456 e. The van der Waals surface area contributed by atoms with Crippen molar-refractivity contribution in [3.05, 3.63) is 59.1 Å². The van der Waals surface area contributed by atoms with E-state index in [1.807, 2.05) is 12.1 Å². The summed E-state index contributed by atoms with van der Waals surface area (Å²) in [5.41, 5.74) is 0.663. The van der Waals surface area contributed by atoms with Gasteiger partial charge in [0, 0.05) is 5.56 Å². The van der Waals surface area contributed by atoms with E-state index in [9.17, 15) is 4.79 Å². The van der Waals surface area contributed by atoms with E-state index >= 15 is 0 Å². The lowest BCUT2D eigenvalue weighted by molar-refractivity contribution is 0.101. The standard InChI is InChI=1S/C14H11ClO2/c1-10(16)11-6-8-12(9-7-11)17-14-5-3-2-4-13(14)15/h2-9H,1H3. The van der Waals surface area contributed by atoms with E-state index in [0.29, 0.717) is 22.1 Å². The number of carbonyl (C=O) groups excluding carboxylic acids is 1. The van der Waals surface area contributed by atoms with Gasteiger partial charge in [-0.3, -0.25) is 4.79 Å². The maximum atomic E-state index is 11.1. The summed E-state index contributed by atoms with van der Waals surface area (Å²) in [6, 6.07) is 14.2. The molecular weight excluding hydrogens is 236 g/mol. The predicted octanol–water partition coefficient (Wildman–Crippen LogP) is 4.33. The summed E-state index contributed by atoms with van der Waals surface area (Å²) in [7, 11) is 0. The molecule has 0 aliphatic carbocycles. The summed E-state index contributed by atoms with van der Waals surface area (Å²) in [5, 5.41) is 0.558. The zero-order valence-electron chi connectivity index (χ0n) is 9.31. The highest BCUT2D eigenvalue weighted by Crippen LogP contribution is 2.28.